The van der Waals surface area contributed by atoms with Crippen LogP contribution >= 0.6 is 11.8 Å². The number of hydrogen-bond donors (Lipinski definition) is 1. The summed E-state index contributed by atoms with van der Waals surface area (Å²) < 4.78 is 10.9. The average molecular weight is 307 g/mol. The van der Waals surface area contributed by atoms with E-state index in [1.54, 1.807) is 6.08 Å². The van der Waals surface area contributed by atoms with Crippen molar-refractivity contribution in [2.75, 3.05) is 13.2 Å². The summed E-state index contributed by atoms with van der Waals surface area (Å²) in [6.45, 7) is 4.99. The Kier molecular flexibility index (Phi) is 5.41. The van der Waals surface area contributed by atoms with Gasteiger partial charge in [-0.05, 0) is 49.4 Å². The lowest BCUT2D eigenvalue weighted by atomic mass is 10.2. The molecule has 0 bridgehead atoms. The van der Waals surface area contributed by atoms with Crippen LogP contribution in [0.3, 0.4) is 0 Å². The fraction of sp³-hybridized carbons (Fsp3) is 0.333. The van der Waals surface area contributed by atoms with Crippen molar-refractivity contribution >= 4 is 29.0 Å². The lowest BCUT2D eigenvalue weighted by Gasteiger charge is -2.09. The molecule has 5 nitrogen and oxygen atoms in total. The lowest BCUT2D eigenvalue weighted by Crippen LogP contribution is -2.17. The summed E-state index contributed by atoms with van der Waals surface area (Å²) >= 11 is 0.906. The molecule has 0 aliphatic carbocycles. The molecule has 0 atom stereocenters. The highest BCUT2D eigenvalue weighted by molar-refractivity contribution is 8.18. The van der Waals surface area contributed by atoms with Crippen molar-refractivity contribution in [3.05, 3.63) is 34.7 Å². The summed E-state index contributed by atoms with van der Waals surface area (Å²) in [5.74, 6) is 0.389. The molecular weight excluding hydrogens is 290 g/mol. The predicted octanol–water partition coefficient (Wildman–Crippen LogP) is 2.81. The first-order chi connectivity index (χ1) is 10.0. The van der Waals surface area contributed by atoms with Gasteiger partial charge in [0.05, 0.1) is 17.6 Å². The molecule has 21 heavy (non-hydrogen) atoms. The van der Waals surface area contributed by atoms with Crippen LogP contribution in [0.2, 0.25) is 0 Å². The van der Waals surface area contributed by atoms with E-state index in [9.17, 15) is 9.59 Å². The molecule has 1 fully saturated rings. The van der Waals surface area contributed by atoms with Gasteiger partial charge in [0.25, 0.3) is 11.1 Å². The molecule has 1 aromatic carbocycles. The molecule has 0 radical (unpaired) electrons. The van der Waals surface area contributed by atoms with Crippen LogP contribution in [0, 0.1) is 0 Å². The average Bonchev–Trinajstić information content (AvgIpc) is 2.74. The number of nitrogens with one attached hydrogen (secondary N) is 1. The van der Waals surface area contributed by atoms with E-state index in [1.807, 2.05) is 38.1 Å². The number of rotatable bonds is 6. The van der Waals surface area contributed by atoms with Crippen LogP contribution in [0.1, 0.15) is 19.4 Å². The Morgan fingerprint density at radius 2 is 1.90 bits per heavy atom. The third-order valence-corrected chi connectivity index (χ3v) is 3.43. The molecule has 2 rings (SSSR count). The second-order valence-corrected chi connectivity index (χ2v) is 5.70. The summed E-state index contributed by atoms with van der Waals surface area (Å²) in [6, 6.07) is 7.31. The molecule has 0 saturated carbocycles. The third-order valence-electron chi connectivity index (χ3n) is 2.62. The highest BCUT2D eigenvalue weighted by atomic mass is 32.2. The lowest BCUT2D eigenvalue weighted by molar-refractivity contribution is -0.115. The Labute approximate surface area is 127 Å². The number of benzene rings is 1. The molecule has 0 unspecified atom stereocenters. The van der Waals surface area contributed by atoms with E-state index in [1.165, 1.54) is 0 Å². The quantitative estimate of drug-likeness (QED) is 0.646. The van der Waals surface area contributed by atoms with E-state index in [-0.39, 0.29) is 17.3 Å². The summed E-state index contributed by atoms with van der Waals surface area (Å²) in [6.07, 6.45) is 1.87. The molecular formula is C15H17NO4S. The van der Waals surface area contributed by atoms with E-state index < -0.39 is 0 Å². The smallest absolute Gasteiger partial charge is 0.290 e. The van der Waals surface area contributed by atoms with Gasteiger partial charge in [-0.25, -0.2) is 0 Å². The third kappa shape index (κ3) is 4.91. The van der Waals surface area contributed by atoms with E-state index in [2.05, 4.69) is 5.32 Å². The number of carbonyl (C=O) groups excluding carboxylic acids is 2. The second-order valence-electron chi connectivity index (χ2n) is 4.69. The Morgan fingerprint density at radius 3 is 2.48 bits per heavy atom. The van der Waals surface area contributed by atoms with E-state index in [4.69, 9.17) is 9.47 Å². The fourth-order valence-electron chi connectivity index (χ4n) is 1.68. The van der Waals surface area contributed by atoms with Crippen molar-refractivity contribution in [2.24, 2.45) is 0 Å². The minimum atomic E-state index is -0.351. The fourth-order valence-corrected chi connectivity index (χ4v) is 2.36. The Balaban J connectivity index is 1.89. The van der Waals surface area contributed by atoms with Crippen LogP contribution in [-0.4, -0.2) is 30.5 Å². The van der Waals surface area contributed by atoms with Gasteiger partial charge < -0.3 is 9.47 Å². The van der Waals surface area contributed by atoms with Crippen molar-refractivity contribution in [2.45, 2.75) is 20.0 Å². The number of imide groups is 1. The monoisotopic (exact) mass is 307 g/mol. The van der Waals surface area contributed by atoms with Crippen LogP contribution in [0.5, 0.6) is 5.75 Å². The maximum absolute atomic E-state index is 11.4. The summed E-state index contributed by atoms with van der Waals surface area (Å²) in [7, 11) is 0. The van der Waals surface area contributed by atoms with Gasteiger partial charge in [0, 0.05) is 0 Å². The van der Waals surface area contributed by atoms with Gasteiger partial charge in [0.2, 0.25) is 0 Å². The van der Waals surface area contributed by atoms with Crippen LogP contribution < -0.4 is 10.1 Å². The Morgan fingerprint density at radius 1 is 1.19 bits per heavy atom. The molecule has 1 aliphatic rings. The molecule has 1 heterocycles. The molecule has 0 spiro atoms. The molecule has 112 valence electrons. The van der Waals surface area contributed by atoms with Gasteiger partial charge >= 0.3 is 0 Å². The normalized spacial score (nSPS) is 16.6. The summed E-state index contributed by atoms with van der Waals surface area (Å²) in [5, 5.41) is 1.88. The van der Waals surface area contributed by atoms with Gasteiger partial charge in [-0.15, -0.1) is 0 Å². The summed E-state index contributed by atoms with van der Waals surface area (Å²) in [4.78, 5) is 22.9. The summed E-state index contributed by atoms with van der Waals surface area (Å²) in [5.41, 5.74) is 0.841. The van der Waals surface area contributed by atoms with Gasteiger partial charge in [-0.3, -0.25) is 14.9 Å². The predicted molar refractivity (Wildman–Crippen MR) is 82.1 cm³/mol. The SMILES string of the molecule is CC(C)OCCOc1ccc(/C=C2\SC(=O)NC2=O)cc1. The molecule has 6 heteroatoms. The number of carbonyl (C=O) groups is 2. The zero-order valence-corrected chi connectivity index (χ0v) is 12.7. The zero-order chi connectivity index (χ0) is 15.2. The molecule has 1 saturated heterocycles. The minimum absolute atomic E-state index is 0.195. The first kappa shape index (κ1) is 15.6. The topological polar surface area (TPSA) is 64.6 Å². The van der Waals surface area contributed by atoms with Crippen LogP contribution in [-0.2, 0) is 9.53 Å². The standard InChI is InChI=1S/C15H17NO4S/c1-10(2)19-7-8-20-12-5-3-11(4-6-12)9-13-14(17)16-15(18)21-13/h3-6,9-10H,7-8H2,1-2H3,(H,16,17,18)/b13-9-. The maximum Gasteiger partial charge on any atom is 0.290 e. The van der Waals surface area contributed by atoms with Gasteiger partial charge in [0.15, 0.2) is 0 Å². The van der Waals surface area contributed by atoms with Crippen molar-refractivity contribution in [1.29, 1.82) is 0 Å². The molecule has 1 aromatic rings. The van der Waals surface area contributed by atoms with E-state index >= 15 is 0 Å². The first-order valence-electron chi connectivity index (χ1n) is 6.64. The maximum atomic E-state index is 11.4. The highest BCUT2D eigenvalue weighted by Crippen LogP contribution is 2.26. The number of ether oxygens (including phenoxy) is 2. The van der Waals surface area contributed by atoms with E-state index in [0.717, 1.165) is 23.1 Å². The van der Waals surface area contributed by atoms with Gasteiger partial charge in [-0.1, -0.05) is 12.1 Å². The Bertz CT molecular complexity index is 551. The van der Waals surface area contributed by atoms with Gasteiger partial charge in [0.1, 0.15) is 12.4 Å². The van der Waals surface area contributed by atoms with Crippen molar-refractivity contribution in [3.63, 3.8) is 0 Å². The molecule has 2 amide bonds. The van der Waals surface area contributed by atoms with Crippen LogP contribution in [0.15, 0.2) is 29.2 Å². The molecule has 1 aliphatic heterocycles. The van der Waals surface area contributed by atoms with Crippen molar-refractivity contribution in [1.82, 2.24) is 5.32 Å². The second kappa shape index (κ2) is 7.28. The first-order valence-corrected chi connectivity index (χ1v) is 7.45. The van der Waals surface area contributed by atoms with Crippen LogP contribution in [0.4, 0.5) is 4.79 Å². The highest BCUT2D eigenvalue weighted by Gasteiger charge is 2.24. The van der Waals surface area contributed by atoms with Crippen LogP contribution in [0.25, 0.3) is 6.08 Å². The zero-order valence-electron chi connectivity index (χ0n) is 11.9. The number of thioether (sulfide) groups is 1. The minimum Gasteiger partial charge on any atom is -0.491 e. The number of hydrogen-bond acceptors (Lipinski definition) is 5. The van der Waals surface area contributed by atoms with Crippen molar-refractivity contribution in [3.8, 4) is 5.75 Å². The largest absolute Gasteiger partial charge is 0.491 e. The number of amides is 2. The molecule has 0 aromatic heterocycles. The van der Waals surface area contributed by atoms with E-state index in [0.29, 0.717) is 18.1 Å². The van der Waals surface area contributed by atoms with Gasteiger partial charge in [-0.2, -0.15) is 0 Å². The molecule has 1 N–H and O–H groups in total. The van der Waals surface area contributed by atoms with Crippen molar-refractivity contribution < 1.29 is 19.1 Å². The Hall–Kier alpha value is -1.79.